The van der Waals surface area contributed by atoms with Crippen molar-refractivity contribution in [3.8, 4) is 0 Å². The number of pyridine rings is 1. The van der Waals surface area contributed by atoms with Crippen LogP contribution < -0.4 is 0 Å². The van der Waals surface area contributed by atoms with Crippen LogP contribution >= 0.6 is 11.6 Å². The van der Waals surface area contributed by atoms with Gasteiger partial charge >= 0.3 is 0 Å². The molecule has 0 N–H and O–H groups in total. The van der Waals surface area contributed by atoms with E-state index >= 15 is 0 Å². The number of halogens is 1. The monoisotopic (exact) mass is 247 g/mol. The molecule has 0 aliphatic carbocycles. The molecule has 1 aliphatic heterocycles. The van der Waals surface area contributed by atoms with E-state index < -0.39 is 0 Å². The van der Waals surface area contributed by atoms with Crippen LogP contribution in [0.3, 0.4) is 0 Å². The minimum absolute atomic E-state index is 0.103. The first-order valence-corrected chi connectivity index (χ1v) is 6.45. The molecule has 1 aliphatic rings. The van der Waals surface area contributed by atoms with Crippen LogP contribution in [0.4, 0.5) is 0 Å². The van der Waals surface area contributed by atoms with Gasteiger partial charge in [0.15, 0.2) is 0 Å². The van der Waals surface area contributed by atoms with Gasteiger partial charge in [-0.3, -0.25) is 4.98 Å². The molecule has 1 fully saturated rings. The summed E-state index contributed by atoms with van der Waals surface area (Å²) in [6.45, 7) is 0.797. The van der Waals surface area contributed by atoms with Gasteiger partial charge in [0.2, 0.25) is 0 Å². The highest BCUT2D eigenvalue weighted by Crippen LogP contribution is 2.37. The number of hydrogen-bond donors (Lipinski definition) is 0. The molecule has 1 saturated heterocycles. The molecule has 1 aromatic heterocycles. The quantitative estimate of drug-likeness (QED) is 0.758. The molecule has 3 heteroatoms. The van der Waals surface area contributed by atoms with Gasteiger partial charge in [0.1, 0.15) is 0 Å². The second-order valence-corrected chi connectivity index (χ2v) is 4.73. The number of hydrogen-bond acceptors (Lipinski definition) is 2. The highest BCUT2D eigenvalue weighted by atomic mass is 35.5. The van der Waals surface area contributed by atoms with Crippen molar-refractivity contribution in [1.82, 2.24) is 4.98 Å². The molecular formula is C14H14ClNO. The maximum absolute atomic E-state index is 6.00. The average Bonchev–Trinajstić information content (AvgIpc) is 2.86. The number of aromatic nitrogens is 1. The largest absolute Gasteiger partial charge is 0.373 e. The predicted octanol–water partition coefficient (Wildman–Crippen LogP) is 3.55. The first-order valence-electron chi connectivity index (χ1n) is 5.91. The first-order chi connectivity index (χ1) is 8.40. The summed E-state index contributed by atoms with van der Waals surface area (Å²) in [6.07, 6.45) is 2.97. The van der Waals surface area contributed by atoms with E-state index in [1.807, 2.05) is 12.3 Å². The number of rotatable bonds is 2. The molecule has 0 amide bonds. The van der Waals surface area contributed by atoms with Crippen LogP contribution in [0.15, 0.2) is 36.5 Å². The SMILES string of the molecule is ClCC1CCOC1c1cccc2cccnc12. The first kappa shape index (κ1) is 11.0. The number of ether oxygens (including phenoxy) is 1. The van der Waals surface area contributed by atoms with E-state index in [0.717, 1.165) is 23.9 Å². The second-order valence-electron chi connectivity index (χ2n) is 4.42. The highest BCUT2D eigenvalue weighted by Gasteiger charge is 2.30. The molecule has 2 heterocycles. The van der Waals surface area contributed by atoms with Gasteiger partial charge < -0.3 is 4.74 Å². The van der Waals surface area contributed by atoms with Crippen LogP contribution in [0.2, 0.25) is 0 Å². The van der Waals surface area contributed by atoms with Crippen LogP contribution in [-0.4, -0.2) is 17.5 Å². The number of para-hydroxylation sites is 1. The van der Waals surface area contributed by atoms with Gasteiger partial charge in [0.25, 0.3) is 0 Å². The zero-order valence-corrected chi connectivity index (χ0v) is 10.2. The lowest BCUT2D eigenvalue weighted by Gasteiger charge is -2.17. The summed E-state index contributed by atoms with van der Waals surface area (Å²) in [7, 11) is 0. The molecule has 88 valence electrons. The Morgan fingerprint density at radius 1 is 1.29 bits per heavy atom. The molecule has 2 unspecified atom stereocenters. The van der Waals surface area contributed by atoms with Gasteiger partial charge in [-0.1, -0.05) is 24.3 Å². The molecule has 0 radical (unpaired) electrons. The second kappa shape index (κ2) is 4.63. The van der Waals surface area contributed by atoms with Crippen molar-refractivity contribution in [2.75, 3.05) is 12.5 Å². The third kappa shape index (κ3) is 1.92. The molecule has 0 spiro atoms. The summed E-state index contributed by atoms with van der Waals surface area (Å²) < 4.78 is 5.83. The molecule has 2 aromatic rings. The van der Waals surface area contributed by atoms with Gasteiger partial charge in [0, 0.05) is 35.6 Å². The average molecular weight is 248 g/mol. The molecule has 17 heavy (non-hydrogen) atoms. The van der Waals surface area contributed by atoms with Crippen molar-refractivity contribution in [3.63, 3.8) is 0 Å². The van der Waals surface area contributed by atoms with Crippen molar-refractivity contribution in [1.29, 1.82) is 0 Å². The van der Waals surface area contributed by atoms with E-state index in [1.54, 1.807) is 0 Å². The van der Waals surface area contributed by atoms with Crippen LogP contribution in [0.5, 0.6) is 0 Å². The Labute approximate surface area is 106 Å². The fourth-order valence-corrected chi connectivity index (χ4v) is 2.81. The summed E-state index contributed by atoms with van der Waals surface area (Å²) >= 11 is 6.00. The normalized spacial score (nSPS) is 24.3. The van der Waals surface area contributed by atoms with Gasteiger partial charge in [0.05, 0.1) is 11.6 Å². The van der Waals surface area contributed by atoms with E-state index in [1.165, 1.54) is 5.56 Å². The Kier molecular flexibility index (Phi) is 3.00. The number of fused-ring (bicyclic) bond motifs is 1. The zero-order chi connectivity index (χ0) is 11.7. The fourth-order valence-electron chi connectivity index (χ4n) is 2.49. The molecule has 1 aromatic carbocycles. The number of benzene rings is 1. The molecular weight excluding hydrogens is 234 g/mol. The minimum Gasteiger partial charge on any atom is -0.373 e. The van der Waals surface area contributed by atoms with Crippen molar-refractivity contribution in [2.24, 2.45) is 5.92 Å². The third-order valence-electron chi connectivity index (χ3n) is 3.38. The summed E-state index contributed by atoms with van der Waals surface area (Å²) in [5.74, 6) is 1.05. The van der Waals surface area contributed by atoms with Crippen LogP contribution in [0.1, 0.15) is 18.1 Å². The lowest BCUT2D eigenvalue weighted by Crippen LogP contribution is -2.09. The van der Waals surface area contributed by atoms with E-state index in [9.17, 15) is 0 Å². The van der Waals surface area contributed by atoms with E-state index in [0.29, 0.717) is 11.8 Å². The van der Waals surface area contributed by atoms with Gasteiger partial charge in [-0.2, -0.15) is 0 Å². The van der Waals surface area contributed by atoms with Crippen LogP contribution in [-0.2, 0) is 4.74 Å². The van der Waals surface area contributed by atoms with E-state index in [4.69, 9.17) is 16.3 Å². The molecule has 2 atom stereocenters. The Morgan fingerprint density at radius 2 is 2.18 bits per heavy atom. The van der Waals surface area contributed by atoms with Crippen LogP contribution in [0.25, 0.3) is 10.9 Å². The van der Waals surface area contributed by atoms with Gasteiger partial charge in [-0.05, 0) is 12.5 Å². The van der Waals surface area contributed by atoms with Crippen LogP contribution in [0, 0.1) is 5.92 Å². The summed E-state index contributed by atoms with van der Waals surface area (Å²) in [5, 5.41) is 1.16. The van der Waals surface area contributed by atoms with Crippen molar-refractivity contribution >= 4 is 22.5 Å². The Bertz CT molecular complexity index is 523. The summed E-state index contributed by atoms with van der Waals surface area (Å²) in [6, 6.07) is 10.3. The molecule has 2 nitrogen and oxygen atoms in total. The third-order valence-corrected chi connectivity index (χ3v) is 3.78. The van der Waals surface area contributed by atoms with Crippen molar-refractivity contribution in [2.45, 2.75) is 12.5 Å². The maximum Gasteiger partial charge on any atom is 0.0886 e. The Hall–Kier alpha value is -1.12. The van der Waals surface area contributed by atoms with Gasteiger partial charge in [-0.15, -0.1) is 11.6 Å². The Balaban J connectivity index is 2.10. The van der Waals surface area contributed by atoms with Crippen molar-refractivity contribution in [3.05, 3.63) is 42.1 Å². The number of nitrogens with zero attached hydrogens (tertiary/aromatic N) is 1. The lowest BCUT2D eigenvalue weighted by molar-refractivity contribution is 0.0961. The number of alkyl halides is 1. The zero-order valence-electron chi connectivity index (χ0n) is 9.47. The lowest BCUT2D eigenvalue weighted by atomic mass is 9.95. The molecule has 0 bridgehead atoms. The predicted molar refractivity (Wildman–Crippen MR) is 69.3 cm³/mol. The van der Waals surface area contributed by atoms with Gasteiger partial charge in [-0.25, -0.2) is 0 Å². The summed E-state index contributed by atoms with van der Waals surface area (Å²) in [5.41, 5.74) is 2.21. The molecule has 0 saturated carbocycles. The smallest absolute Gasteiger partial charge is 0.0886 e. The van der Waals surface area contributed by atoms with E-state index in [-0.39, 0.29) is 6.10 Å². The molecule has 3 rings (SSSR count). The fraction of sp³-hybridized carbons (Fsp3) is 0.357. The topological polar surface area (TPSA) is 22.1 Å². The minimum atomic E-state index is 0.103. The van der Waals surface area contributed by atoms with Crippen molar-refractivity contribution < 1.29 is 4.74 Å². The standard InChI is InChI=1S/C14H14ClNO/c15-9-11-6-8-17-14(11)12-5-1-3-10-4-2-7-16-13(10)12/h1-5,7,11,14H,6,8-9H2. The van der Waals surface area contributed by atoms with E-state index in [2.05, 4.69) is 29.2 Å². The summed E-state index contributed by atoms with van der Waals surface area (Å²) in [4.78, 5) is 4.47. The Morgan fingerprint density at radius 3 is 3.06 bits per heavy atom. The maximum atomic E-state index is 6.00. The highest BCUT2D eigenvalue weighted by molar-refractivity contribution is 6.18.